The molecule has 0 aliphatic heterocycles. The zero-order chi connectivity index (χ0) is 13.9. The highest BCUT2D eigenvalue weighted by atomic mass is 35.5. The molecule has 4 heteroatoms. The van der Waals surface area contributed by atoms with Crippen LogP contribution in [0.25, 0.3) is 10.1 Å². The van der Waals surface area contributed by atoms with Crippen molar-refractivity contribution in [3.8, 4) is 0 Å². The summed E-state index contributed by atoms with van der Waals surface area (Å²) >= 11 is 9.94. The molecule has 0 bridgehead atoms. The van der Waals surface area contributed by atoms with Gasteiger partial charge in [0.05, 0.1) is 11.6 Å². The van der Waals surface area contributed by atoms with E-state index in [0.29, 0.717) is 0 Å². The van der Waals surface area contributed by atoms with E-state index in [0.717, 1.165) is 22.6 Å². The van der Waals surface area contributed by atoms with Crippen molar-refractivity contribution in [2.75, 3.05) is 11.6 Å². The molecule has 0 saturated carbocycles. The zero-order valence-electron chi connectivity index (χ0n) is 11.0. The van der Waals surface area contributed by atoms with Crippen LogP contribution in [0.3, 0.4) is 0 Å². The largest absolute Gasteiger partial charge is 0.380 e. The van der Waals surface area contributed by atoms with Gasteiger partial charge >= 0.3 is 0 Å². The van der Waals surface area contributed by atoms with E-state index in [1.807, 2.05) is 12.1 Å². The number of benzene rings is 2. The standard InChI is InChI=1S/C16H14ClNS2/c1-19-12-8-6-11(7-9-12)18-10-15-16(17)13-4-2-3-5-14(13)20-15/h2-9,18H,10H2,1H3. The van der Waals surface area contributed by atoms with Crippen molar-refractivity contribution >= 4 is 50.5 Å². The first-order valence-corrected chi connectivity index (χ1v) is 8.73. The van der Waals surface area contributed by atoms with Crippen LogP contribution in [-0.4, -0.2) is 6.26 Å². The van der Waals surface area contributed by atoms with Crippen molar-refractivity contribution in [2.45, 2.75) is 11.4 Å². The van der Waals surface area contributed by atoms with Crippen LogP contribution >= 0.6 is 34.7 Å². The van der Waals surface area contributed by atoms with Crippen LogP contribution in [0.2, 0.25) is 5.02 Å². The smallest absolute Gasteiger partial charge is 0.0642 e. The van der Waals surface area contributed by atoms with E-state index in [1.54, 1.807) is 23.1 Å². The van der Waals surface area contributed by atoms with Gasteiger partial charge in [-0.25, -0.2) is 0 Å². The average molecular weight is 320 g/mol. The molecule has 0 fully saturated rings. The molecule has 3 rings (SSSR count). The van der Waals surface area contributed by atoms with E-state index in [1.165, 1.54) is 14.5 Å². The van der Waals surface area contributed by atoms with E-state index < -0.39 is 0 Å². The van der Waals surface area contributed by atoms with Gasteiger partial charge in [0.1, 0.15) is 0 Å². The van der Waals surface area contributed by atoms with E-state index in [2.05, 4.69) is 48.0 Å². The summed E-state index contributed by atoms with van der Waals surface area (Å²) in [6.07, 6.45) is 2.08. The normalized spacial score (nSPS) is 10.9. The number of hydrogen-bond acceptors (Lipinski definition) is 3. The Hall–Kier alpha value is -1.16. The Morgan fingerprint density at radius 2 is 1.85 bits per heavy atom. The first-order chi connectivity index (χ1) is 9.78. The molecular formula is C16H14ClNS2. The lowest BCUT2D eigenvalue weighted by Crippen LogP contribution is -1.97. The molecule has 0 spiro atoms. The lowest BCUT2D eigenvalue weighted by Gasteiger charge is -2.06. The molecule has 0 radical (unpaired) electrons. The fraction of sp³-hybridized carbons (Fsp3) is 0.125. The highest BCUT2D eigenvalue weighted by Gasteiger charge is 2.09. The third kappa shape index (κ3) is 2.80. The highest BCUT2D eigenvalue weighted by Crippen LogP contribution is 2.35. The molecule has 3 aromatic rings. The first kappa shape index (κ1) is 13.8. The Bertz CT molecular complexity index is 719. The second-order valence-corrected chi connectivity index (χ2v) is 6.81. The number of anilines is 1. The maximum atomic E-state index is 6.44. The molecule has 1 N–H and O–H groups in total. The Morgan fingerprint density at radius 1 is 1.10 bits per heavy atom. The van der Waals surface area contributed by atoms with E-state index in [-0.39, 0.29) is 0 Å². The van der Waals surface area contributed by atoms with Crippen LogP contribution < -0.4 is 5.32 Å². The lowest BCUT2D eigenvalue weighted by molar-refractivity contribution is 1.19. The molecular weight excluding hydrogens is 306 g/mol. The highest BCUT2D eigenvalue weighted by molar-refractivity contribution is 7.98. The number of rotatable bonds is 4. The van der Waals surface area contributed by atoms with Gasteiger partial charge in [-0.3, -0.25) is 0 Å². The van der Waals surface area contributed by atoms with Crippen molar-refractivity contribution < 1.29 is 0 Å². The predicted molar refractivity (Wildman–Crippen MR) is 92.4 cm³/mol. The van der Waals surface area contributed by atoms with Crippen molar-refractivity contribution in [2.24, 2.45) is 0 Å². The summed E-state index contributed by atoms with van der Waals surface area (Å²) in [7, 11) is 0. The molecule has 0 unspecified atom stereocenters. The quantitative estimate of drug-likeness (QED) is 0.602. The van der Waals surface area contributed by atoms with E-state index in [4.69, 9.17) is 11.6 Å². The lowest BCUT2D eigenvalue weighted by atomic mass is 10.2. The molecule has 2 aromatic carbocycles. The Morgan fingerprint density at radius 3 is 2.55 bits per heavy atom. The van der Waals surface area contributed by atoms with Gasteiger partial charge in [0.2, 0.25) is 0 Å². The third-order valence-corrected chi connectivity index (χ3v) is 5.60. The predicted octanol–water partition coefficient (Wildman–Crippen LogP) is 5.89. The summed E-state index contributed by atoms with van der Waals surface area (Å²) in [5, 5.41) is 5.45. The molecule has 0 aliphatic carbocycles. The molecule has 1 heterocycles. The van der Waals surface area contributed by atoms with Crippen molar-refractivity contribution in [1.82, 2.24) is 0 Å². The van der Waals surface area contributed by atoms with Crippen LogP contribution in [0.1, 0.15) is 4.88 Å². The molecule has 0 saturated heterocycles. The van der Waals surface area contributed by atoms with Crippen LogP contribution in [0.5, 0.6) is 0 Å². The van der Waals surface area contributed by atoms with Crippen molar-refractivity contribution in [3.05, 3.63) is 58.4 Å². The second-order valence-electron chi connectivity index (χ2n) is 4.42. The van der Waals surface area contributed by atoms with Crippen molar-refractivity contribution in [3.63, 3.8) is 0 Å². The maximum absolute atomic E-state index is 6.44. The summed E-state index contributed by atoms with van der Waals surface area (Å²) in [4.78, 5) is 2.46. The molecule has 0 aliphatic rings. The van der Waals surface area contributed by atoms with Crippen LogP contribution in [-0.2, 0) is 6.54 Å². The Labute approximate surface area is 132 Å². The maximum Gasteiger partial charge on any atom is 0.0642 e. The second kappa shape index (κ2) is 6.08. The summed E-state index contributed by atoms with van der Waals surface area (Å²) in [6.45, 7) is 0.761. The Kier molecular flexibility index (Phi) is 4.20. The summed E-state index contributed by atoms with van der Waals surface area (Å²) < 4.78 is 1.24. The van der Waals surface area contributed by atoms with Gasteiger partial charge in [-0.05, 0) is 36.6 Å². The monoisotopic (exact) mass is 319 g/mol. The van der Waals surface area contributed by atoms with Gasteiger partial charge in [0, 0.05) is 25.5 Å². The number of nitrogens with one attached hydrogen (secondary N) is 1. The third-order valence-electron chi connectivity index (χ3n) is 3.14. The van der Waals surface area contributed by atoms with Gasteiger partial charge in [-0.15, -0.1) is 23.1 Å². The van der Waals surface area contributed by atoms with Crippen LogP contribution in [0, 0.1) is 0 Å². The average Bonchev–Trinajstić information content (AvgIpc) is 2.83. The van der Waals surface area contributed by atoms with Crippen LogP contribution in [0.4, 0.5) is 5.69 Å². The van der Waals surface area contributed by atoms with Crippen LogP contribution in [0.15, 0.2) is 53.4 Å². The van der Waals surface area contributed by atoms with Gasteiger partial charge in [-0.2, -0.15) is 0 Å². The molecule has 1 aromatic heterocycles. The summed E-state index contributed by atoms with van der Waals surface area (Å²) in [5.74, 6) is 0. The van der Waals surface area contributed by atoms with E-state index in [9.17, 15) is 0 Å². The van der Waals surface area contributed by atoms with Gasteiger partial charge in [0.25, 0.3) is 0 Å². The molecule has 1 nitrogen and oxygen atoms in total. The van der Waals surface area contributed by atoms with Gasteiger partial charge in [0.15, 0.2) is 0 Å². The first-order valence-electron chi connectivity index (χ1n) is 6.32. The Balaban J connectivity index is 1.77. The molecule has 0 atom stereocenters. The van der Waals surface area contributed by atoms with Gasteiger partial charge in [-0.1, -0.05) is 29.8 Å². The number of thiophene rings is 1. The number of fused-ring (bicyclic) bond motifs is 1. The number of halogens is 1. The fourth-order valence-electron chi connectivity index (χ4n) is 2.07. The minimum Gasteiger partial charge on any atom is -0.380 e. The fourth-order valence-corrected chi connectivity index (χ4v) is 3.92. The minimum absolute atomic E-state index is 0.761. The SMILES string of the molecule is CSc1ccc(NCc2sc3ccccc3c2Cl)cc1. The molecule has 0 amide bonds. The minimum atomic E-state index is 0.761. The molecule has 102 valence electrons. The summed E-state index contributed by atoms with van der Waals surface area (Å²) in [6, 6.07) is 16.7. The number of hydrogen-bond donors (Lipinski definition) is 1. The summed E-state index contributed by atoms with van der Waals surface area (Å²) in [5.41, 5.74) is 1.12. The van der Waals surface area contributed by atoms with Gasteiger partial charge < -0.3 is 5.32 Å². The topological polar surface area (TPSA) is 12.0 Å². The van der Waals surface area contributed by atoms with E-state index >= 15 is 0 Å². The zero-order valence-corrected chi connectivity index (χ0v) is 13.4. The molecule has 20 heavy (non-hydrogen) atoms. The number of thioether (sulfide) groups is 1. The van der Waals surface area contributed by atoms with Crippen molar-refractivity contribution in [1.29, 1.82) is 0 Å².